The Morgan fingerprint density at radius 1 is 1.37 bits per heavy atom. The van der Waals surface area contributed by atoms with Crippen molar-refractivity contribution in [1.82, 2.24) is 4.98 Å². The van der Waals surface area contributed by atoms with Crippen molar-refractivity contribution in [2.24, 2.45) is 11.3 Å². The molecule has 1 saturated carbocycles. The van der Waals surface area contributed by atoms with Crippen LogP contribution in [0.15, 0.2) is 18.3 Å². The van der Waals surface area contributed by atoms with E-state index in [9.17, 15) is 5.11 Å². The SMILES string of the molecule is CC1CC(C)(C)CC1(O)C1CCCc2cccnc21. The Hall–Kier alpha value is -0.890. The zero-order valence-corrected chi connectivity index (χ0v) is 12.3. The molecule has 1 aromatic rings. The van der Waals surface area contributed by atoms with Crippen molar-refractivity contribution in [1.29, 1.82) is 0 Å². The fraction of sp³-hybridized carbons (Fsp3) is 0.706. The van der Waals surface area contributed by atoms with Crippen LogP contribution in [0.2, 0.25) is 0 Å². The van der Waals surface area contributed by atoms with Crippen molar-refractivity contribution in [3.05, 3.63) is 29.6 Å². The molecule has 1 heterocycles. The van der Waals surface area contributed by atoms with Gasteiger partial charge < -0.3 is 5.11 Å². The number of hydrogen-bond donors (Lipinski definition) is 1. The third-order valence-electron chi connectivity index (χ3n) is 5.27. The van der Waals surface area contributed by atoms with Gasteiger partial charge in [-0.3, -0.25) is 4.98 Å². The minimum absolute atomic E-state index is 0.231. The smallest absolute Gasteiger partial charge is 0.0761 e. The van der Waals surface area contributed by atoms with Gasteiger partial charge in [0.05, 0.1) is 5.60 Å². The fourth-order valence-electron chi connectivity index (χ4n) is 4.58. The van der Waals surface area contributed by atoms with E-state index in [1.54, 1.807) is 0 Å². The number of fused-ring (bicyclic) bond motifs is 1. The van der Waals surface area contributed by atoms with Crippen LogP contribution in [0, 0.1) is 11.3 Å². The molecule has 0 radical (unpaired) electrons. The minimum atomic E-state index is -0.562. The Kier molecular flexibility index (Phi) is 2.97. The predicted octanol–water partition coefficient (Wildman–Crippen LogP) is 3.69. The molecule has 1 fully saturated rings. The van der Waals surface area contributed by atoms with Crippen molar-refractivity contribution >= 4 is 0 Å². The molecule has 0 aliphatic heterocycles. The maximum Gasteiger partial charge on any atom is 0.0761 e. The van der Waals surface area contributed by atoms with Crippen LogP contribution in [-0.4, -0.2) is 15.7 Å². The molecule has 2 aliphatic rings. The number of pyridine rings is 1. The Bertz CT molecular complexity index is 482. The molecule has 2 nitrogen and oxygen atoms in total. The summed E-state index contributed by atoms with van der Waals surface area (Å²) in [6.45, 7) is 6.78. The molecule has 1 aromatic heterocycles. The summed E-state index contributed by atoms with van der Waals surface area (Å²) in [5.41, 5.74) is 2.21. The first-order chi connectivity index (χ1) is 8.92. The number of nitrogens with zero attached hydrogens (tertiary/aromatic N) is 1. The summed E-state index contributed by atoms with van der Waals surface area (Å²) in [7, 11) is 0. The maximum atomic E-state index is 11.3. The topological polar surface area (TPSA) is 33.1 Å². The Balaban J connectivity index is 2.00. The lowest BCUT2D eigenvalue weighted by atomic mass is 9.71. The van der Waals surface area contributed by atoms with Gasteiger partial charge in [0, 0.05) is 17.8 Å². The average Bonchev–Trinajstić information content (AvgIpc) is 2.58. The summed E-state index contributed by atoms with van der Waals surface area (Å²) < 4.78 is 0. The minimum Gasteiger partial charge on any atom is -0.389 e. The molecule has 0 spiro atoms. The van der Waals surface area contributed by atoms with Gasteiger partial charge in [0.15, 0.2) is 0 Å². The van der Waals surface area contributed by atoms with E-state index in [0.717, 1.165) is 25.7 Å². The Morgan fingerprint density at radius 2 is 2.16 bits per heavy atom. The van der Waals surface area contributed by atoms with Crippen molar-refractivity contribution in [3.8, 4) is 0 Å². The van der Waals surface area contributed by atoms with E-state index in [1.165, 1.54) is 17.7 Å². The van der Waals surface area contributed by atoms with Gasteiger partial charge in [-0.2, -0.15) is 0 Å². The summed E-state index contributed by atoms with van der Waals surface area (Å²) in [5, 5.41) is 11.3. The highest BCUT2D eigenvalue weighted by molar-refractivity contribution is 5.30. The van der Waals surface area contributed by atoms with E-state index in [4.69, 9.17) is 0 Å². The van der Waals surface area contributed by atoms with E-state index in [1.807, 2.05) is 12.3 Å². The zero-order valence-electron chi connectivity index (χ0n) is 12.3. The van der Waals surface area contributed by atoms with Crippen molar-refractivity contribution in [2.75, 3.05) is 0 Å². The first-order valence-corrected chi connectivity index (χ1v) is 7.58. The third-order valence-corrected chi connectivity index (χ3v) is 5.27. The van der Waals surface area contributed by atoms with Gasteiger partial charge in [-0.05, 0) is 55.1 Å². The number of aryl methyl sites for hydroxylation is 1. The number of rotatable bonds is 1. The number of aromatic nitrogens is 1. The highest BCUT2D eigenvalue weighted by Gasteiger charge is 2.53. The molecule has 3 unspecified atom stereocenters. The van der Waals surface area contributed by atoms with Gasteiger partial charge in [0.25, 0.3) is 0 Å². The van der Waals surface area contributed by atoms with Gasteiger partial charge in [-0.25, -0.2) is 0 Å². The first kappa shape index (κ1) is 13.1. The maximum absolute atomic E-state index is 11.3. The monoisotopic (exact) mass is 259 g/mol. The standard InChI is InChI=1S/C17H25NO/c1-12-10-16(2,3)11-17(12,19)14-8-4-6-13-7-5-9-18-15(13)14/h5,7,9,12,14,19H,4,6,8,10-11H2,1-3H3. The normalized spacial score (nSPS) is 37.1. The van der Waals surface area contributed by atoms with Crippen LogP contribution in [0.1, 0.15) is 63.6 Å². The van der Waals surface area contributed by atoms with Gasteiger partial charge in [0.2, 0.25) is 0 Å². The molecule has 0 aromatic carbocycles. The van der Waals surface area contributed by atoms with Crippen LogP contribution in [0.5, 0.6) is 0 Å². The molecule has 19 heavy (non-hydrogen) atoms. The van der Waals surface area contributed by atoms with Crippen molar-refractivity contribution in [2.45, 2.75) is 64.4 Å². The quantitative estimate of drug-likeness (QED) is 0.834. The second-order valence-electron chi connectivity index (χ2n) is 7.43. The summed E-state index contributed by atoms with van der Waals surface area (Å²) in [4.78, 5) is 4.61. The van der Waals surface area contributed by atoms with Crippen molar-refractivity contribution in [3.63, 3.8) is 0 Å². The molecule has 3 rings (SSSR count). The molecule has 3 atom stereocenters. The molecule has 2 aliphatic carbocycles. The Morgan fingerprint density at radius 3 is 2.84 bits per heavy atom. The average molecular weight is 259 g/mol. The molecular formula is C17H25NO. The van der Waals surface area contributed by atoms with E-state index >= 15 is 0 Å². The molecule has 104 valence electrons. The molecule has 0 saturated heterocycles. The Labute approximate surface area is 116 Å². The van der Waals surface area contributed by atoms with E-state index in [0.29, 0.717) is 5.92 Å². The second kappa shape index (κ2) is 4.31. The molecular weight excluding hydrogens is 234 g/mol. The molecule has 1 N–H and O–H groups in total. The summed E-state index contributed by atoms with van der Waals surface area (Å²) in [6, 6.07) is 4.20. The van der Waals surface area contributed by atoms with Gasteiger partial charge in [-0.15, -0.1) is 0 Å². The van der Waals surface area contributed by atoms with E-state index < -0.39 is 5.60 Å². The largest absolute Gasteiger partial charge is 0.389 e. The van der Waals surface area contributed by atoms with Gasteiger partial charge >= 0.3 is 0 Å². The highest BCUT2D eigenvalue weighted by Crippen LogP contribution is 2.55. The lowest BCUT2D eigenvalue weighted by molar-refractivity contribution is -0.0285. The van der Waals surface area contributed by atoms with Gasteiger partial charge in [0.1, 0.15) is 0 Å². The van der Waals surface area contributed by atoms with Gasteiger partial charge in [-0.1, -0.05) is 26.8 Å². The van der Waals surface area contributed by atoms with Crippen molar-refractivity contribution < 1.29 is 5.11 Å². The second-order valence-corrected chi connectivity index (χ2v) is 7.43. The van der Waals surface area contributed by atoms with Crippen LogP contribution in [0.3, 0.4) is 0 Å². The number of aliphatic hydroxyl groups is 1. The van der Waals surface area contributed by atoms with E-state index in [2.05, 4.69) is 31.8 Å². The summed E-state index contributed by atoms with van der Waals surface area (Å²) in [5.74, 6) is 0.592. The van der Waals surface area contributed by atoms with Crippen LogP contribution >= 0.6 is 0 Å². The fourth-order valence-corrected chi connectivity index (χ4v) is 4.58. The molecule has 0 amide bonds. The lowest BCUT2D eigenvalue weighted by Gasteiger charge is -2.39. The predicted molar refractivity (Wildman–Crippen MR) is 77.0 cm³/mol. The highest BCUT2D eigenvalue weighted by atomic mass is 16.3. The van der Waals surface area contributed by atoms with Crippen LogP contribution in [0.4, 0.5) is 0 Å². The summed E-state index contributed by atoms with van der Waals surface area (Å²) >= 11 is 0. The van der Waals surface area contributed by atoms with Crippen LogP contribution in [-0.2, 0) is 6.42 Å². The van der Waals surface area contributed by atoms with Crippen LogP contribution in [0.25, 0.3) is 0 Å². The summed E-state index contributed by atoms with van der Waals surface area (Å²) in [6.07, 6.45) is 7.28. The zero-order chi connectivity index (χ0) is 13.7. The molecule has 2 heteroatoms. The number of hydrogen-bond acceptors (Lipinski definition) is 2. The first-order valence-electron chi connectivity index (χ1n) is 7.58. The van der Waals surface area contributed by atoms with E-state index in [-0.39, 0.29) is 11.3 Å². The lowest BCUT2D eigenvalue weighted by Crippen LogP contribution is -2.41. The third kappa shape index (κ3) is 2.10. The molecule has 0 bridgehead atoms. The van der Waals surface area contributed by atoms with Crippen LogP contribution < -0.4 is 0 Å².